The number of rotatable bonds is 4. The minimum absolute atomic E-state index is 0.0786. The Balaban J connectivity index is 2.15. The average molecular weight is 264 g/mol. The summed E-state index contributed by atoms with van der Waals surface area (Å²) < 4.78 is 0. The number of carboxylic acid groups (broad SMARTS) is 1. The summed E-state index contributed by atoms with van der Waals surface area (Å²) in [4.78, 5) is 23.9. The van der Waals surface area contributed by atoms with Crippen molar-refractivity contribution in [1.82, 2.24) is 15.0 Å². The molecular formula is C11H12N4O2S. The van der Waals surface area contributed by atoms with Crippen LogP contribution in [0.3, 0.4) is 0 Å². The highest BCUT2D eigenvalue weighted by atomic mass is 32.1. The van der Waals surface area contributed by atoms with E-state index in [2.05, 4.69) is 20.3 Å². The third-order valence-corrected chi connectivity index (χ3v) is 3.26. The van der Waals surface area contributed by atoms with Crippen molar-refractivity contribution in [3.05, 3.63) is 28.7 Å². The van der Waals surface area contributed by atoms with E-state index in [0.29, 0.717) is 5.82 Å². The molecule has 0 aliphatic heterocycles. The number of carbonyl (C=O) groups is 1. The van der Waals surface area contributed by atoms with Crippen molar-refractivity contribution in [3.8, 4) is 0 Å². The molecule has 2 rings (SSSR count). The summed E-state index contributed by atoms with van der Waals surface area (Å²) in [5, 5.41) is 12.4. The van der Waals surface area contributed by atoms with Crippen LogP contribution in [0.25, 0.3) is 0 Å². The molecule has 0 unspecified atom stereocenters. The van der Waals surface area contributed by atoms with Crippen molar-refractivity contribution < 1.29 is 9.90 Å². The number of thiazole rings is 1. The lowest BCUT2D eigenvalue weighted by atomic mass is 10.3. The fourth-order valence-corrected chi connectivity index (χ4v) is 2.33. The van der Waals surface area contributed by atoms with Gasteiger partial charge in [-0.1, -0.05) is 6.92 Å². The number of aromatic nitrogens is 3. The van der Waals surface area contributed by atoms with Crippen LogP contribution in [0.5, 0.6) is 0 Å². The first kappa shape index (κ1) is 12.4. The maximum absolute atomic E-state index is 10.6. The Morgan fingerprint density at radius 1 is 1.44 bits per heavy atom. The van der Waals surface area contributed by atoms with Gasteiger partial charge in [-0.2, -0.15) is 0 Å². The highest BCUT2D eigenvalue weighted by Gasteiger charge is 2.08. The summed E-state index contributed by atoms with van der Waals surface area (Å²) in [7, 11) is 0. The van der Waals surface area contributed by atoms with Crippen LogP contribution in [0.15, 0.2) is 12.4 Å². The average Bonchev–Trinajstić information content (AvgIpc) is 2.70. The van der Waals surface area contributed by atoms with Gasteiger partial charge in [0.15, 0.2) is 16.6 Å². The molecule has 2 aromatic heterocycles. The van der Waals surface area contributed by atoms with Gasteiger partial charge in [0.1, 0.15) is 0 Å². The lowest BCUT2D eigenvalue weighted by Gasteiger charge is -2.00. The van der Waals surface area contributed by atoms with Gasteiger partial charge < -0.3 is 10.4 Å². The number of anilines is 2. The second kappa shape index (κ2) is 5.09. The van der Waals surface area contributed by atoms with Gasteiger partial charge in [-0.05, 0) is 13.3 Å². The quantitative estimate of drug-likeness (QED) is 0.880. The molecule has 2 aromatic rings. The Morgan fingerprint density at radius 3 is 2.72 bits per heavy atom. The van der Waals surface area contributed by atoms with Gasteiger partial charge in [-0.3, -0.25) is 0 Å². The number of nitrogens with zero attached hydrogens (tertiary/aromatic N) is 3. The van der Waals surface area contributed by atoms with Gasteiger partial charge in [0, 0.05) is 4.88 Å². The molecule has 0 fully saturated rings. The Hall–Kier alpha value is -2.02. The lowest BCUT2D eigenvalue weighted by molar-refractivity contribution is 0.0690. The number of hydrogen-bond donors (Lipinski definition) is 2. The van der Waals surface area contributed by atoms with Crippen molar-refractivity contribution in [1.29, 1.82) is 0 Å². The lowest BCUT2D eigenvalue weighted by Crippen LogP contribution is -2.02. The molecule has 0 saturated heterocycles. The van der Waals surface area contributed by atoms with E-state index in [1.165, 1.54) is 23.7 Å². The van der Waals surface area contributed by atoms with Crippen LogP contribution in [-0.2, 0) is 6.42 Å². The minimum Gasteiger partial charge on any atom is -0.476 e. The fourth-order valence-electron chi connectivity index (χ4n) is 1.42. The number of carboxylic acids is 1. The van der Waals surface area contributed by atoms with Crippen LogP contribution in [-0.4, -0.2) is 26.0 Å². The van der Waals surface area contributed by atoms with Crippen molar-refractivity contribution in [3.63, 3.8) is 0 Å². The van der Waals surface area contributed by atoms with Gasteiger partial charge in [-0.25, -0.2) is 19.7 Å². The molecule has 6 nitrogen and oxygen atoms in total. The molecule has 7 heteroatoms. The molecule has 0 saturated carbocycles. The molecule has 2 heterocycles. The van der Waals surface area contributed by atoms with Crippen LogP contribution in [0.4, 0.5) is 10.9 Å². The van der Waals surface area contributed by atoms with Crippen LogP contribution in [0.1, 0.15) is 28.0 Å². The molecule has 18 heavy (non-hydrogen) atoms. The summed E-state index contributed by atoms with van der Waals surface area (Å²) in [6, 6.07) is 0. The summed E-state index contributed by atoms with van der Waals surface area (Å²) in [6.07, 6.45) is 3.48. The molecule has 0 aromatic carbocycles. The summed E-state index contributed by atoms with van der Waals surface area (Å²) in [5.74, 6) is -0.608. The van der Waals surface area contributed by atoms with Crippen molar-refractivity contribution >= 4 is 28.3 Å². The second-order valence-electron chi connectivity index (χ2n) is 3.59. The van der Waals surface area contributed by atoms with Gasteiger partial charge in [0.25, 0.3) is 0 Å². The first-order valence-electron chi connectivity index (χ1n) is 5.38. The summed E-state index contributed by atoms with van der Waals surface area (Å²) >= 11 is 1.54. The van der Waals surface area contributed by atoms with Crippen LogP contribution in [0, 0.1) is 6.92 Å². The topological polar surface area (TPSA) is 88.0 Å². The number of aromatic carboxylic acids is 1. The van der Waals surface area contributed by atoms with Gasteiger partial charge in [0.05, 0.1) is 18.1 Å². The highest BCUT2D eigenvalue weighted by Crippen LogP contribution is 2.24. The Kier molecular flexibility index (Phi) is 3.52. The van der Waals surface area contributed by atoms with Crippen molar-refractivity contribution in [2.24, 2.45) is 0 Å². The Bertz CT molecular complexity index is 565. The molecule has 2 N–H and O–H groups in total. The zero-order valence-corrected chi connectivity index (χ0v) is 10.8. The second-order valence-corrected chi connectivity index (χ2v) is 4.80. The number of hydrogen-bond acceptors (Lipinski definition) is 6. The van der Waals surface area contributed by atoms with E-state index < -0.39 is 5.97 Å². The van der Waals surface area contributed by atoms with E-state index in [0.717, 1.165) is 22.1 Å². The molecule has 0 aliphatic carbocycles. The Labute approximate surface area is 108 Å². The number of nitrogens with one attached hydrogen (secondary N) is 1. The molecule has 94 valence electrons. The molecule has 0 amide bonds. The first-order valence-corrected chi connectivity index (χ1v) is 6.20. The smallest absolute Gasteiger partial charge is 0.356 e. The zero-order chi connectivity index (χ0) is 13.1. The van der Waals surface area contributed by atoms with Crippen LogP contribution < -0.4 is 5.32 Å². The molecule has 0 aliphatic rings. The summed E-state index contributed by atoms with van der Waals surface area (Å²) in [6.45, 7) is 4.06. The van der Waals surface area contributed by atoms with E-state index >= 15 is 0 Å². The summed E-state index contributed by atoms with van der Waals surface area (Å²) in [5.41, 5.74) is 0.975. The predicted molar refractivity (Wildman–Crippen MR) is 68.5 cm³/mol. The standard InChI is InChI=1S/C11H12N4O2S/c1-3-7-6(2)18-11(14-7)15-9-5-12-8(4-13-9)10(16)17/h4-5H,3H2,1-2H3,(H,16,17)(H,13,14,15). The van der Waals surface area contributed by atoms with E-state index in [9.17, 15) is 4.79 Å². The highest BCUT2D eigenvalue weighted by molar-refractivity contribution is 7.15. The molecule has 0 radical (unpaired) electrons. The van der Waals surface area contributed by atoms with Crippen molar-refractivity contribution in [2.45, 2.75) is 20.3 Å². The largest absolute Gasteiger partial charge is 0.476 e. The fraction of sp³-hybridized carbons (Fsp3) is 0.273. The molecule has 0 atom stereocenters. The monoisotopic (exact) mass is 264 g/mol. The molecular weight excluding hydrogens is 252 g/mol. The van der Waals surface area contributed by atoms with E-state index in [1.807, 2.05) is 13.8 Å². The Morgan fingerprint density at radius 2 is 2.22 bits per heavy atom. The van der Waals surface area contributed by atoms with Gasteiger partial charge in [0.2, 0.25) is 0 Å². The minimum atomic E-state index is -1.09. The maximum atomic E-state index is 10.6. The SMILES string of the molecule is CCc1nc(Nc2cnc(C(=O)O)cn2)sc1C. The predicted octanol–water partition coefficient (Wildman–Crippen LogP) is 2.25. The third kappa shape index (κ3) is 2.62. The van der Waals surface area contributed by atoms with E-state index in [4.69, 9.17) is 5.11 Å². The van der Waals surface area contributed by atoms with Gasteiger partial charge in [-0.15, -0.1) is 11.3 Å². The maximum Gasteiger partial charge on any atom is 0.356 e. The van der Waals surface area contributed by atoms with Crippen molar-refractivity contribution in [2.75, 3.05) is 5.32 Å². The molecule has 0 spiro atoms. The van der Waals surface area contributed by atoms with E-state index in [-0.39, 0.29) is 5.69 Å². The van der Waals surface area contributed by atoms with Crippen LogP contribution in [0.2, 0.25) is 0 Å². The first-order chi connectivity index (χ1) is 8.60. The normalized spacial score (nSPS) is 10.3. The number of aryl methyl sites for hydroxylation is 2. The molecule has 0 bridgehead atoms. The third-order valence-electron chi connectivity index (χ3n) is 2.33. The van der Waals surface area contributed by atoms with Crippen LogP contribution >= 0.6 is 11.3 Å². The van der Waals surface area contributed by atoms with E-state index in [1.54, 1.807) is 0 Å². The van der Waals surface area contributed by atoms with Gasteiger partial charge >= 0.3 is 5.97 Å². The zero-order valence-electron chi connectivity index (χ0n) is 9.97.